The van der Waals surface area contributed by atoms with E-state index in [9.17, 15) is 8.42 Å². The number of sulfonamides is 1. The first-order valence-electron chi connectivity index (χ1n) is 7.65. The van der Waals surface area contributed by atoms with E-state index in [0.29, 0.717) is 30.2 Å². The minimum absolute atomic E-state index is 0.0664. The number of hydrogen-bond acceptors (Lipinski definition) is 4. The Morgan fingerprint density at radius 1 is 1.13 bits per heavy atom. The number of rotatable bonds is 3. The molecule has 1 aromatic heterocycles. The van der Waals surface area contributed by atoms with Crippen LogP contribution in [0.3, 0.4) is 0 Å². The maximum absolute atomic E-state index is 13.0. The molecule has 0 bridgehead atoms. The Balaban J connectivity index is 1.90. The molecule has 1 aliphatic rings. The molecule has 0 N–H and O–H groups in total. The second-order valence-electron chi connectivity index (χ2n) is 6.02. The standard InChI is InChI=1S/C16H22N4O2S/c1-13-16(12-19(3)17-13)23(21,22)20-10-9-18(2)15(11-20)14-7-5-4-6-8-14/h4-8,12,15H,9-11H2,1-3H3. The summed E-state index contributed by atoms with van der Waals surface area (Å²) in [4.78, 5) is 2.51. The van der Waals surface area contributed by atoms with E-state index >= 15 is 0 Å². The van der Waals surface area contributed by atoms with Crippen molar-refractivity contribution in [2.24, 2.45) is 7.05 Å². The van der Waals surface area contributed by atoms with E-state index in [4.69, 9.17) is 0 Å². The van der Waals surface area contributed by atoms with Gasteiger partial charge in [-0.05, 0) is 19.5 Å². The van der Waals surface area contributed by atoms with Crippen molar-refractivity contribution < 1.29 is 8.42 Å². The van der Waals surface area contributed by atoms with Gasteiger partial charge in [0.05, 0.1) is 5.69 Å². The molecule has 0 spiro atoms. The molecule has 1 aromatic carbocycles. The van der Waals surface area contributed by atoms with Crippen LogP contribution in [0.15, 0.2) is 41.4 Å². The molecule has 0 amide bonds. The Labute approximate surface area is 137 Å². The Morgan fingerprint density at radius 3 is 2.43 bits per heavy atom. The Bertz CT molecular complexity index is 786. The maximum atomic E-state index is 13.0. The second-order valence-corrected chi connectivity index (χ2v) is 7.93. The molecule has 7 heteroatoms. The number of likely N-dealkylation sites (N-methyl/N-ethyl adjacent to an activating group) is 1. The van der Waals surface area contributed by atoms with Crippen LogP contribution in [0.4, 0.5) is 0 Å². The first-order valence-corrected chi connectivity index (χ1v) is 9.09. The van der Waals surface area contributed by atoms with Crippen LogP contribution in [0.25, 0.3) is 0 Å². The highest BCUT2D eigenvalue weighted by atomic mass is 32.2. The van der Waals surface area contributed by atoms with Crippen molar-refractivity contribution in [2.75, 3.05) is 26.7 Å². The number of piperazine rings is 1. The van der Waals surface area contributed by atoms with Gasteiger partial charge in [0.1, 0.15) is 4.90 Å². The van der Waals surface area contributed by atoms with Crippen LogP contribution < -0.4 is 0 Å². The van der Waals surface area contributed by atoms with E-state index in [0.717, 1.165) is 5.56 Å². The fourth-order valence-corrected chi connectivity index (χ4v) is 4.71. The zero-order chi connectivity index (χ0) is 16.6. The van der Waals surface area contributed by atoms with Crippen molar-refractivity contribution in [3.05, 3.63) is 47.8 Å². The predicted molar refractivity (Wildman–Crippen MR) is 88.5 cm³/mol. The van der Waals surface area contributed by atoms with Crippen molar-refractivity contribution in [3.63, 3.8) is 0 Å². The van der Waals surface area contributed by atoms with Gasteiger partial charge in [0.25, 0.3) is 0 Å². The van der Waals surface area contributed by atoms with Gasteiger partial charge in [0, 0.05) is 38.9 Å². The molecule has 2 heterocycles. The van der Waals surface area contributed by atoms with E-state index in [1.165, 1.54) is 0 Å². The van der Waals surface area contributed by atoms with Crippen LogP contribution in [0.2, 0.25) is 0 Å². The number of aryl methyl sites for hydroxylation is 2. The molecule has 0 aliphatic carbocycles. The van der Waals surface area contributed by atoms with E-state index in [1.54, 1.807) is 29.2 Å². The molecule has 1 aliphatic heterocycles. The summed E-state index contributed by atoms with van der Waals surface area (Å²) in [5, 5.41) is 4.16. The fourth-order valence-electron chi connectivity index (χ4n) is 3.07. The first-order chi connectivity index (χ1) is 10.9. The third-order valence-corrected chi connectivity index (χ3v) is 6.35. The Morgan fingerprint density at radius 2 is 1.83 bits per heavy atom. The van der Waals surface area contributed by atoms with Crippen molar-refractivity contribution in [1.29, 1.82) is 0 Å². The average molecular weight is 334 g/mol. The molecule has 0 radical (unpaired) electrons. The summed E-state index contributed by atoms with van der Waals surface area (Å²) in [6.45, 7) is 3.39. The van der Waals surface area contributed by atoms with Gasteiger partial charge in [-0.3, -0.25) is 9.58 Å². The molecule has 0 saturated carbocycles. The zero-order valence-corrected chi connectivity index (χ0v) is 14.5. The van der Waals surface area contributed by atoms with Gasteiger partial charge in [0.2, 0.25) is 10.0 Å². The normalized spacial score (nSPS) is 20.7. The van der Waals surface area contributed by atoms with Crippen molar-refractivity contribution in [1.82, 2.24) is 19.0 Å². The zero-order valence-electron chi connectivity index (χ0n) is 13.7. The van der Waals surface area contributed by atoms with Gasteiger partial charge in [-0.2, -0.15) is 9.40 Å². The molecule has 23 heavy (non-hydrogen) atoms. The van der Waals surface area contributed by atoms with Crippen LogP contribution in [0.5, 0.6) is 0 Å². The lowest BCUT2D eigenvalue weighted by molar-refractivity contribution is 0.148. The van der Waals surface area contributed by atoms with Crippen LogP contribution >= 0.6 is 0 Å². The van der Waals surface area contributed by atoms with Crippen LogP contribution in [-0.2, 0) is 17.1 Å². The molecule has 124 valence electrons. The van der Waals surface area contributed by atoms with Crippen molar-refractivity contribution >= 4 is 10.0 Å². The summed E-state index contributed by atoms with van der Waals surface area (Å²) < 4.78 is 29.0. The predicted octanol–water partition coefficient (Wildman–Crippen LogP) is 1.41. The summed E-state index contributed by atoms with van der Waals surface area (Å²) in [6.07, 6.45) is 1.58. The molecule has 1 unspecified atom stereocenters. The molecule has 3 rings (SSSR count). The smallest absolute Gasteiger partial charge is 0.246 e. The number of nitrogens with zero attached hydrogens (tertiary/aromatic N) is 4. The Hall–Kier alpha value is -1.70. The van der Waals surface area contributed by atoms with Gasteiger partial charge in [-0.1, -0.05) is 30.3 Å². The summed E-state index contributed by atoms with van der Waals surface area (Å²) in [6, 6.07) is 10.1. The van der Waals surface area contributed by atoms with Crippen LogP contribution in [-0.4, -0.2) is 54.1 Å². The largest absolute Gasteiger partial charge is 0.297 e. The second kappa shape index (κ2) is 6.07. The maximum Gasteiger partial charge on any atom is 0.246 e. The lowest BCUT2D eigenvalue weighted by atomic mass is 10.0. The highest BCUT2D eigenvalue weighted by Gasteiger charge is 2.35. The van der Waals surface area contributed by atoms with Crippen LogP contribution in [0, 0.1) is 6.92 Å². The SMILES string of the molecule is Cc1nn(C)cc1S(=O)(=O)N1CCN(C)C(c2ccccc2)C1. The minimum Gasteiger partial charge on any atom is -0.297 e. The molecule has 2 aromatic rings. The monoisotopic (exact) mass is 334 g/mol. The molecule has 1 saturated heterocycles. The number of hydrogen-bond donors (Lipinski definition) is 0. The highest BCUT2D eigenvalue weighted by molar-refractivity contribution is 7.89. The number of aromatic nitrogens is 2. The molecule has 1 fully saturated rings. The molecule has 6 nitrogen and oxygen atoms in total. The van der Waals surface area contributed by atoms with Gasteiger partial charge in [-0.25, -0.2) is 8.42 Å². The summed E-state index contributed by atoms with van der Waals surface area (Å²) in [5.41, 5.74) is 1.68. The van der Waals surface area contributed by atoms with E-state index in [-0.39, 0.29) is 6.04 Å². The van der Waals surface area contributed by atoms with Crippen molar-refractivity contribution in [3.8, 4) is 0 Å². The first kappa shape index (κ1) is 16.2. The summed E-state index contributed by atoms with van der Waals surface area (Å²) in [5.74, 6) is 0. The topological polar surface area (TPSA) is 58.4 Å². The highest BCUT2D eigenvalue weighted by Crippen LogP contribution is 2.28. The minimum atomic E-state index is -3.51. The third-order valence-electron chi connectivity index (χ3n) is 4.38. The lowest BCUT2D eigenvalue weighted by Crippen LogP contribution is -2.48. The third kappa shape index (κ3) is 3.04. The average Bonchev–Trinajstić information content (AvgIpc) is 2.88. The van der Waals surface area contributed by atoms with Gasteiger partial charge in [0.15, 0.2) is 0 Å². The van der Waals surface area contributed by atoms with Crippen LogP contribution in [0.1, 0.15) is 17.3 Å². The molecular formula is C16H22N4O2S. The Kier molecular flexibility index (Phi) is 4.27. The van der Waals surface area contributed by atoms with Crippen molar-refractivity contribution in [2.45, 2.75) is 17.9 Å². The molecule has 1 atom stereocenters. The van der Waals surface area contributed by atoms with E-state index in [2.05, 4.69) is 10.00 Å². The quantitative estimate of drug-likeness (QED) is 0.851. The molecular weight excluding hydrogens is 312 g/mol. The van der Waals surface area contributed by atoms with Gasteiger partial charge < -0.3 is 0 Å². The van der Waals surface area contributed by atoms with Gasteiger partial charge in [-0.15, -0.1) is 0 Å². The van der Waals surface area contributed by atoms with Gasteiger partial charge >= 0.3 is 0 Å². The van der Waals surface area contributed by atoms with E-state index < -0.39 is 10.0 Å². The summed E-state index contributed by atoms with van der Waals surface area (Å²) in [7, 11) is 0.265. The fraction of sp³-hybridized carbons (Fsp3) is 0.438. The summed E-state index contributed by atoms with van der Waals surface area (Å²) >= 11 is 0. The lowest BCUT2D eigenvalue weighted by Gasteiger charge is -2.38. The number of benzene rings is 1. The van der Waals surface area contributed by atoms with E-state index in [1.807, 2.05) is 37.4 Å².